The standard InChI is InChI=1S/C13H21NOS/c1-2-3-4-10-16-11-9-15-13-7-5-12(14)6-8-13/h5-8H,2-4,9-11,14H2,1H3. The molecule has 0 aliphatic carbocycles. The van der Waals surface area contributed by atoms with Crippen LogP contribution in [0, 0.1) is 0 Å². The van der Waals surface area contributed by atoms with Crippen LogP contribution in [0.3, 0.4) is 0 Å². The van der Waals surface area contributed by atoms with E-state index in [0.29, 0.717) is 0 Å². The first-order valence-electron chi connectivity index (χ1n) is 5.89. The average molecular weight is 239 g/mol. The molecule has 16 heavy (non-hydrogen) atoms. The molecule has 0 aromatic heterocycles. The van der Waals surface area contributed by atoms with Crippen LogP contribution in [0.1, 0.15) is 26.2 Å². The minimum atomic E-state index is 0.778. The zero-order valence-corrected chi connectivity index (χ0v) is 10.8. The van der Waals surface area contributed by atoms with Gasteiger partial charge in [-0.15, -0.1) is 0 Å². The zero-order valence-electron chi connectivity index (χ0n) is 9.95. The quantitative estimate of drug-likeness (QED) is 0.556. The van der Waals surface area contributed by atoms with Crippen molar-refractivity contribution >= 4 is 17.4 Å². The predicted octanol–water partition coefficient (Wildman–Crippen LogP) is 3.57. The van der Waals surface area contributed by atoms with Gasteiger partial charge in [-0.05, 0) is 36.4 Å². The van der Waals surface area contributed by atoms with Gasteiger partial charge in [0, 0.05) is 11.4 Å². The van der Waals surface area contributed by atoms with Gasteiger partial charge in [0.1, 0.15) is 5.75 Å². The highest BCUT2D eigenvalue weighted by molar-refractivity contribution is 7.99. The fourth-order valence-electron chi connectivity index (χ4n) is 1.34. The minimum Gasteiger partial charge on any atom is -0.493 e. The number of unbranched alkanes of at least 4 members (excludes halogenated alkanes) is 2. The maximum absolute atomic E-state index is 5.59. The van der Waals surface area contributed by atoms with Crippen molar-refractivity contribution in [1.29, 1.82) is 0 Å². The number of thioether (sulfide) groups is 1. The summed E-state index contributed by atoms with van der Waals surface area (Å²) in [6.45, 7) is 3.01. The summed E-state index contributed by atoms with van der Waals surface area (Å²) in [6, 6.07) is 7.56. The molecule has 0 radical (unpaired) electrons. The van der Waals surface area contributed by atoms with Gasteiger partial charge in [-0.25, -0.2) is 0 Å². The molecule has 2 nitrogen and oxygen atoms in total. The molecular formula is C13H21NOS. The smallest absolute Gasteiger partial charge is 0.119 e. The van der Waals surface area contributed by atoms with E-state index >= 15 is 0 Å². The molecule has 0 atom stereocenters. The summed E-state index contributed by atoms with van der Waals surface area (Å²) < 4.78 is 5.59. The molecule has 90 valence electrons. The first kappa shape index (κ1) is 13.2. The van der Waals surface area contributed by atoms with Gasteiger partial charge in [-0.1, -0.05) is 19.8 Å². The van der Waals surface area contributed by atoms with Gasteiger partial charge in [0.2, 0.25) is 0 Å². The van der Waals surface area contributed by atoms with Gasteiger partial charge in [0.15, 0.2) is 0 Å². The van der Waals surface area contributed by atoms with Crippen LogP contribution >= 0.6 is 11.8 Å². The van der Waals surface area contributed by atoms with Gasteiger partial charge in [0.25, 0.3) is 0 Å². The molecule has 0 amide bonds. The zero-order chi connectivity index (χ0) is 11.6. The second-order valence-electron chi connectivity index (χ2n) is 3.74. The highest BCUT2D eigenvalue weighted by atomic mass is 32.2. The third kappa shape index (κ3) is 5.91. The maximum Gasteiger partial charge on any atom is 0.119 e. The Balaban J connectivity index is 2.01. The fourth-order valence-corrected chi connectivity index (χ4v) is 2.15. The second kappa shape index (κ2) is 8.34. The maximum atomic E-state index is 5.59. The Labute approximate surface area is 103 Å². The summed E-state index contributed by atoms with van der Waals surface area (Å²) in [7, 11) is 0. The average Bonchev–Trinajstić information content (AvgIpc) is 2.30. The number of nitrogen functional groups attached to an aromatic ring is 1. The molecule has 1 rings (SSSR count). The molecule has 0 saturated carbocycles. The van der Waals surface area contributed by atoms with Crippen molar-refractivity contribution in [3.05, 3.63) is 24.3 Å². The number of anilines is 1. The van der Waals surface area contributed by atoms with Crippen molar-refractivity contribution in [3.8, 4) is 5.75 Å². The van der Waals surface area contributed by atoms with Crippen LogP contribution in [0.25, 0.3) is 0 Å². The van der Waals surface area contributed by atoms with E-state index < -0.39 is 0 Å². The largest absolute Gasteiger partial charge is 0.493 e. The van der Waals surface area contributed by atoms with E-state index in [1.54, 1.807) is 0 Å². The van der Waals surface area contributed by atoms with Gasteiger partial charge in [-0.2, -0.15) is 11.8 Å². The van der Waals surface area contributed by atoms with E-state index in [1.807, 2.05) is 36.0 Å². The molecule has 0 saturated heterocycles. The van der Waals surface area contributed by atoms with Crippen LogP contribution in [-0.2, 0) is 0 Å². The number of benzene rings is 1. The normalized spacial score (nSPS) is 10.3. The highest BCUT2D eigenvalue weighted by Crippen LogP contribution is 2.13. The highest BCUT2D eigenvalue weighted by Gasteiger charge is 1.94. The molecule has 0 fully saturated rings. The van der Waals surface area contributed by atoms with Gasteiger partial charge >= 0.3 is 0 Å². The van der Waals surface area contributed by atoms with Gasteiger partial charge in [0.05, 0.1) is 6.61 Å². The Hall–Kier alpha value is -0.830. The Morgan fingerprint density at radius 3 is 2.56 bits per heavy atom. The van der Waals surface area contributed by atoms with Crippen LogP contribution in [0.15, 0.2) is 24.3 Å². The van der Waals surface area contributed by atoms with E-state index in [-0.39, 0.29) is 0 Å². The van der Waals surface area contributed by atoms with E-state index in [2.05, 4.69) is 6.92 Å². The van der Waals surface area contributed by atoms with Crippen LogP contribution in [0.4, 0.5) is 5.69 Å². The lowest BCUT2D eigenvalue weighted by Crippen LogP contribution is -2.00. The summed E-state index contributed by atoms with van der Waals surface area (Å²) in [4.78, 5) is 0. The third-order valence-electron chi connectivity index (χ3n) is 2.27. The minimum absolute atomic E-state index is 0.778. The lowest BCUT2D eigenvalue weighted by molar-refractivity contribution is 0.344. The molecular weight excluding hydrogens is 218 g/mol. The van der Waals surface area contributed by atoms with E-state index in [4.69, 9.17) is 10.5 Å². The summed E-state index contributed by atoms with van der Waals surface area (Å²) in [5.74, 6) is 3.22. The van der Waals surface area contributed by atoms with Crippen molar-refractivity contribution in [2.45, 2.75) is 26.2 Å². The van der Waals surface area contributed by atoms with Crippen LogP contribution < -0.4 is 10.5 Å². The molecule has 0 bridgehead atoms. The van der Waals surface area contributed by atoms with E-state index in [9.17, 15) is 0 Å². The van der Waals surface area contributed by atoms with E-state index in [1.165, 1.54) is 25.0 Å². The predicted molar refractivity (Wildman–Crippen MR) is 73.2 cm³/mol. The van der Waals surface area contributed by atoms with Crippen molar-refractivity contribution in [3.63, 3.8) is 0 Å². The Bertz CT molecular complexity index is 274. The van der Waals surface area contributed by atoms with Crippen molar-refractivity contribution in [2.24, 2.45) is 0 Å². The van der Waals surface area contributed by atoms with Crippen LogP contribution in [0.5, 0.6) is 5.75 Å². The molecule has 0 aliphatic rings. The molecule has 0 heterocycles. The van der Waals surface area contributed by atoms with Crippen molar-refractivity contribution in [1.82, 2.24) is 0 Å². The third-order valence-corrected chi connectivity index (χ3v) is 3.30. The summed E-state index contributed by atoms with van der Waals surface area (Å²) in [5.41, 5.74) is 6.37. The number of ether oxygens (including phenoxy) is 1. The van der Waals surface area contributed by atoms with Crippen molar-refractivity contribution < 1.29 is 4.74 Å². The SMILES string of the molecule is CCCCCSCCOc1ccc(N)cc1. The Morgan fingerprint density at radius 1 is 1.12 bits per heavy atom. The Kier molecular flexibility index (Phi) is 6.90. The molecule has 0 aliphatic heterocycles. The molecule has 1 aromatic rings. The molecule has 1 aromatic carbocycles. The van der Waals surface area contributed by atoms with Crippen molar-refractivity contribution in [2.75, 3.05) is 23.8 Å². The number of rotatable bonds is 8. The fraction of sp³-hybridized carbons (Fsp3) is 0.538. The first-order chi connectivity index (χ1) is 7.83. The van der Waals surface area contributed by atoms with Crippen LogP contribution in [0.2, 0.25) is 0 Å². The summed E-state index contributed by atoms with van der Waals surface area (Å²) in [6.07, 6.45) is 3.96. The first-order valence-corrected chi connectivity index (χ1v) is 7.04. The molecule has 2 N–H and O–H groups in total. The topological polar surface area (TPSA) is 35.2 Å². The second-order valence-corrected chi connectivity index (χ2v) is 4.96. The number of hydrogen-bond acceptors (Lipinski definition) is 3. The van der Waals surface area contributed by atoms with Gasteiger partial charge < -0.3 is 10.5 Å². The molecule has 0 unspecified atom stereocenters. The van der Waals surface area contributed by atoms with Gasteiger partial charge in [-0.3, -0.25) is 0 Å². The Morgan fingerprint density at radius 2 is 1.88 bits per heavy atom. The monoisotopic (exact) mass is 239 g/mol. The molecule has 3 heteroatoms. The summed E-state index contributed by atoms with van der Waals surface area (Å²) >= 11 is 1.97. The van der Waals surface area contributed by atoms with Crippen LogP contribution in [-0.4, -0.2) is 18.1 Å². The lowest BCUT2D eigenvalue weighted by Gasteiger charge is -2.06. The van der Waals surface area contributed by atoms with E-state index in [0.717, 1.165) is 23.8 Å². The summed E-state index contributed by atoms with van der Waals surface area (Å²) in [5, 5.41) is 0. The number of hydrogen-bond donors (Lipinski definition) is 1. The number of nitrogens with two attached hydrogens (primary N) is 1. The molecule has 0 spiro atoms. The lowest BCUT2D eigenvalue weighted by atomic mass is 10.3.